The maximum absolute atomic E-state index is 13.6. The molecule has 188 valence electrons. The van der Waals surface area contributed by atoms with Crippen molar-refractivity contribution in [3.8, 4) is 11.5 Å². The van der Waals surface area contributed by atoms with Crippen LogP contribution in [0.15, 0.2) is 101 Å². The zero-order valence-electron chi connectivity index (χ0n) is 20.3. The second-order valence-corrected chi connectivity index (χ2v) is 10.1. The minimum absolute atomic E-state index is 0.0579. The summed E-state index contributed by atoms with van der Waals surface area (Å²) in [7, 11) is 0. The van der Waals surface area contributed by atoms with Crippen LogP contribution in [0, 0.1) is 0 Å². The molecule has 0 radical (unpaired) electrons. The molecule has 0 spiro atoms. The number of thiophene rings is 1. The van der Waals surface area contributed by atoms with Crippen molar-refractivity contribution in [3.05, 3.63) is 107 Å². The second kappa shape index (κ2) is 10.1. The fraction of sp³-hybridized carbons (Fsp3) is 0.133. The van der Waals surface area contributed by atoms with Gasteiger partial charge in [0.05, 0.1) is 25.1 Å². The van der Waals surface area contributed by atoms with Crippen LogP contribution in [0.25, 0.3) is 22.6 Å². The van der Waals surface area contributed by atoms with Gasteiger partial charge in [0, 0.05) is 10.4 Å². The average molecular weight is 522 g/mol. The molecular formula is C30H23N3O4S. The maximum Gasteiger partial charge on any atom is 0.257 e. The molecule has 8 heteroatoms. The third-order valence-electron chi connectivity index (χ3n) is 6.59. The van der Waals surface area contributed by atoms with Crippen molar-refractivity contribution in [1.29, 1.82) is 0 Å². The van der Waals surface area contributed by atoms with Crippen LogP contribution in [0.3, 0.4) is 0 Å². The van der Waals surface area contributed by atoms with Gasteiger partial charge < -0.3 is 9.32 Å². The standard InChI is InChI=1S/C30H23N3O4S/c34-27(17-20-7-2-1-3-8-20)32(19-23-9-6-16-38-23)25-18-28(35)33(30(25)36)22-14-12-21(13-15-22)29-31-24-10-4-5-11-26(24)37-29/h1-16,25H,17-19H2. The summed E-state index contributed by atoms with van der Waals surface area (Å²) in [5, 5.41) is 1.93. The highest BCUT2D eigenvalue weighted by Gasteiger charge is 2.44. The number of benzene rings is 3. The summed E-state index contributed by atoms with van der Waals surface area (Å²) in [4.78, 5) is 48.3. The molecule has 1 aliphatic rings. The molecule has 1 atom stereocenters. The van der Waals surface area contributed by atoms with E-state index in [1.807, 2.05) is 72.1 Å². The molecule has 1 fully saturated rings. The van der Waals surface area contributed by atoms with E-state index >= 15 is 0 Å². The first-order chi connectivity index (χ1) is 18.6. The molecule has 1 aliphatic heterocycles. The van der Waals surface area contributed by atoms with Crippen LogP contribution in [0.2, 0.25) is 0 Å². The minimum Gasteiger partial charge on any atom is -0.436 e. The van der Waals surface area contributed by atoms with Gasteiger partial charge >= 0.3 is 0 Å². The van der Waals surface area contributed by atoms with Crippen LogP contribution >= 0.6 is 11.3 Å². The number of rotatable bonds is 7. The number of hydrogen-bond acceptors (Lipinski definition) is 6. The molecule has 0 saturated carbocycles. The quantitative estimate of drug-likeness (QED) is 0.266. The molecule has 3 heterocycles. The van der Waals surface area contributed by atoms with Gasteiger partial charge in [-0.3, -0.25) is 14.4 Å². The zero-order valence-corrected chi connectivity index (χ0v) is 21.1. The van der Waals surface area contributed by atoms with E-state index in [0.29, 0.717) is 17.2 Å². The summed E-state index contributed by atoms with van der Waals surface area (Å²) in [6, 6.07) is 26.9. The van der Waals surface area contributed by atoms with Crippen molar-refractivity contribution in [2.75, 3.05) is 4.90 Å². The van der Waals surface area contributed by atoms with Gasteiger partial charge in [-0.05, 0) is 53.4 Å². The van der Waals surface area contributed by atoms with Gasteiger partial charge in [0.15, 0.2) is 5.58 Å². The Balaban J connectivity index is 1.25. The Bertz CT molecular complexity index is 1580. The van der Waals surface area contributed by atoms with Gasteiger partial charge in [-0.25, -0.2) is 9.88 Å². The van der Waals surface area contributed by atoms with E-state index in [-0.39, 0.29) is 31.2 Å². The minimum atomic E-state index is -0.863. The second-order valence-electron chi connectivity index (χ2n) is 9.08. The van der Waals surface area contributed by atoms with Crippen molar-refractivity contribution in [1.82, 2.24) is 9.88 Å². The van der Waals surface area contributed by atoms with Crippen molar-refractivity contribution in [3.63, 3.8) is 0 Å². The molecule has 5 aromatic rings. The van der Waals surface area contributed by atoms with E-state index in [4.69, 9.17) is 4.42 Å². The van der Waals surface area contributed by atoms with E-state index in [1.165, 1.54) is 16.2 Å². The molecule has 3 aromatic carbocycles. The zero-order chi connectivity index (χ0) is 26.1. The largest absolute Gasteiger partial charge is 0.436 e. The van der Waals surface area contributed by atoms with E-state index < -0.39 is 11.9 Å². The number of para-hydroxylation sites is 2. The number of anilines is 1. The lowest BCUT2D eigenvalue weighted by atomic mass is 10.1. The molecule has 0 N–H and O–H groups in total. The van der Waals surface area contributed by atoms with Crippen molar-refractivity contribution < 1.29 is 18.8 Å². The number of fused-ring (bicyclic) bond motifs is 1. The predicted molar refractivity (Wildman–Crippen MR) is 145 cm³/mol. The first-order valence-electron chi connectivity index (χ1n) is 12.3. The Hall–Kier alpha value is -4.56. The van der Waals surface area contributed by atoms with Gasteiger partial charge in [0.2, 0.25) is 17.7 Å². The van der Waals surface area contributed by atoms with Crippen molar-refractivity contribution in [2.24, 2.45) is 0 Å². The summed E-state index contributed by atoms with van der Waals surface area (Å²) < 4.78 is 5.83. The summed E-state index contributed by atoms with van der Waals surface area (Å²) in [6.07, 6.45) is 0.0982. The first kappa shape index (κ1) is 23.8. The SMILES string of the molecule is O=C1CC(N(Cc2cccs2)C(=O)Cc2ccccc2)C(=O)N1c1ccc(-c2nc3ccccc3o2)cc1. The highest BCUT2D eigenvalue weighted by Crippen LogP contribution is 2.31. The van der Waals surface area contributed by atoms with E-state index in [2.05, 4.69) is 4.98 Å². The highest BCUT2D eigenvalue weighted by molar-refractivity contribution is 7.09. The molecule has 0 aliphatic carbocycles. The summed E-state index contributed by atoms with van der Waals surface area (Å²) in [6.45, 7) is 0.275. The monoisotopic (exact) mass is 521 g/mol. The molecule has 38 heavy (non-hydrogen) atoms. The molecule has 6 rings (SSSR count). The summed E-state index contributed by atoms with van der Waals surface area (Å²) in [5.41, 5.74) is 3.49. The van der Waals surface area contributed by atoms with Crippen LogP contribution in [0.4, 0.5) is 5.69 Å². The lowest BCUT2D eigenvalue weighted by Gasteiger charge is -2.27. The van der Waals surface area contributed by atoms with Gasteiger partial charge in [0.1, 0.15) is 11.6 Å². The molecule has 2 aromatic heterocycles. The molecule has 7 nitrogen and oxygen atoms in total. The fourth-order valence-corrected chi connectivity index (χ4v) is 5.40. The van der Waals surface area contributed by atoms with Gasteiger partial charge in [-0.15, -0.1) is 11.3 Å². The lowest BCUT2D eigenvalue weighted by molar-refractivity contribution is -0.138. The highest BCUT2D eigenvalue weighted by atomic mass is 32.1. The average Bonchev–Trinajstić information content (AvgIpc) is 3.67. The lowest BCUT2D eigenvalue weighted by Crippen LogP contribution is -2.45. The fourth-order valence-electron chi connectivity index (χ4n) is 4.69. The third kappa shape index (κ3) is 4.62. The Morgan fingerprint density at radius 2 is 1.71 bits per heavy atom. The predicted octanol–water partition coefficient (Wildman–Crippen LogP) is 5.46. The van der Waals surface area contributed by atoms with Crippen LogP contribution in [-0.2, 0) is 27.3 Å². The number of carbonyl (C=O) groups excluding carboxylic acids is 3. The number of imide groups is 1. The van der Waals surface area contributed by atoms with E-state index in [0.717, 1.165) is 21.5 Å². The Labute approximate surface area is 222 Å². The van der Waals surface area contributed by atoms with Gasteiger partial charge in [0.25, 0.3) is 5.91 Å². The van der Waals surface area contributed by atoms with Gasteiger partial charge in [-0.1, -0.05) is 48.5 Å². The number of amides is 3. The number of aromatic nitrogens is 1. The Morgan fingerprint density at radius 1 is 0.947 bits per heavy atom. The van der Waals surface area contributed by atoms with E-state index in [1.54, 1.807) is 29.2 Å². The van der Waals surface area contributed by atoms with Crippen LogP contribution < -0.4 is 4.90 Å². The molecule has 1 unspecified atom stereocenters. The molecular weight excluding hydrogens is 498 g/mol. The maximum atomic E-state index is 13.6. The smallest absolute Gasteiger partial charge is 0.257 e. The number of oxazole rings is 1. The summed E-state index contributed by atoms with van der Waals surface area (Å²) >= 11 is 1.52. The van der Waals surface area contributed by atoms with Crippen molar-refractivity contribution >= 4 is 45.8 Å². The van der Waals surface area contributed by atoms with Gasteiger partial charge in [-0.2, -0.15) is 0 Å². The number of hydrogen-bond donors (Lipinski definition) is 0. The topological polar surface area (TPSA) is 83.7 Å². The Kier molecular flexibility index (Phi) is 6.31. The summed E-state index contributed by atoms with van der Waals surface area (Å²) in [5.74, 6) is -0.465. The molecule has 0 bridgehead atoms. The van der Waals surface area contributed by atoms with Crippen LogP contribution in [0.1, 0.15) is 16.9 Å². The number of nitrogens with zero attached hydrogens (tertiary/aromatic N) is 3. The van der Waals surface area contributed by atoms with Crippen LogP contribution in [-0.4, -0.2) is 33.6 Å². The van der Waals surface area contributed by atoms with E-state index in [9.17, 15) is 14.4 Å². The molecule has 3 amide bonds. The number of carbonyl (C=O) groups is 3. The normalized spacial score (nSPS) is 15.4. The third-order valence-corrected chi connectivity index (χ3v) is 7.45. The first-order valence-corrected chi connectivity index (χ1v) is 13.1. The van der Waals surface area contributed by atoms with Crippen molar-refractivity contribution in [2.45, 2.75) is 25.4 Å². The molecule has 1 saturated heterocycles. The Morgan fingerprint density at radius 3 is 2.45 bits per heavy atom. The van der Waals surface area contributed by atoms with Crippen LogP contribution in [0.5, 0.6) is 0 Å².